The smallest absolute Gasteiger partial charge is 0.407 e. The van der Waals surface area contributed by atoms with Crippen LogP contribution in [0.25, 0.3) is 10.9 Å². The molecule has 6 nitrogen and oxygen atoms in total. The molecule has 6 heteroatoms. The highest BCUT2D eigenvalue weighted by Crippen LogP contribution is 2.26. The van der Waals surface area contributed by atoms with Crippen molar-refractivity contribution in [1.82, 2.24) is 10.3 Å². The summed E-state index contributed by atoms with van der Waals surface area (Å²) < 4.78 is 10.4. The number of hydrogen-bond acceptors (Lipinski definition) is 4. The number of hydrogen-bond donors (Lipinski definition) is 3. The molecule has 1 aromatic carbocycles. The van der Waals surface area contributed by atoms with Crippen LogP contribution in [0.4, 0.5) is 4.79 Å². The van der Waals surface area contributed by atoms with Gasteiger partial charge in [0.2, 0.25) is 0 Å². The van der Waals surface area contributed by atoms with Gasteiger partial charge in [0.15, 0.2) is 0 Å². The molecule has 2 aromatic rings. The number of fused-ring (bicyclic) bond motifs is 1. The highest BCUT2D eigenvalue weighted by Gasteiger charge is 2.18. The van der Waals surface area contributed by atoms with E-state index in [4.69, 9.17) is 15.2 Å². The summed E-state index contributed by atoms with van der Waals surface area (Å²) in [6.07, 6.45) is 1.38. The number of nitrogens with one attached hydrogen (secondary N) is 2. The minimum Gasteiger partial charge on any atom is -0.497 e. The Morgan fingerprint density at radius 2 is 2.14 bits per heavy atom. The van der Waals surface area contributed by atoms with Gasteiger partial charge in [-0.3, -0.25) is 0 Å². The lowest BCUT2D eigenvalue weighted by atomic mass is 10.1. The van der Waals surface area contributed by atoms with Gasteiger partial charge in [0.1, 0.15) is 11.4 Å². The van der Waals surface area contributed by atoms with Crippen molar-refractivity contribution < 1.29 is 14.3 Å². The fourth-order valence-corrected chi connectivity index (χ4v) is 2.17. The molecule has 2 rings (SSSR count). The van der Waals surface area contributed by atoms with Gasteiger partial charge in [-0.05, 0) is 44.5 Å². The predicted octanol–water partition coefficient (Wildman–Crippen LogP) is 2.70. The summed E-state index contributed by atoms with van der Waals surface area (Å²) in [6, 6.07) is 5.40. The zero-order valence-electron chi connectivity index (χ0n) is 13.4. The van der Waals surface area contributed by atoms with Gasteiger partial charge in [-0.1, -0.05) is 0 Å². The van der Waals surface area contributed by atoms with Gasteiger partial charge in [-0.15, -0.1) is 0 Å². The van der Waals surface area contributed by atoms with Crippen LogP contribution < -0.4 is 15.8 Å². The van der Waals surface area contributed by atoms with Crippen molar-refractivity contribution in [1.29, 1.82) is 0 Å². The summed E-state index contributed by atoms with van der Waals surface area (Å²) in [6.45, 7) is 5.74. The average Bonchev–Trinajstić information content (AvgIpc) is 2.85. The number of H-pyrrole nitrogens is 1. The van der Waals surface area contributed by atoms with E-state index in [0.29, 0.717) is 6.54 Å². The molecular weight excluding hydrogens is 282 g/mol. The Balaban J connectivity index is 2.06. The predicted molar refractivity (Wildman–Crippen MR) is 86.0 cm³/mol. The Morgan fingerprint density at radius 3 is 2.77 bits per heavy atom. The van der Waals surface area contributed by atoms with E-state index in [-0.39, 0.29) is 6.04 Å². The van der Waals surface area contributed by atoms with Crippen molar-refractivity contribution >= 4 is 17.0 Å². The molecule has 1 heterocycles. The molecular formula is C16H23N3O3. The Hall–Kier alpha value is -2.21. The van der Waals surface area contributed by atoms with Gasteiger partial charge < -0.3 is 25.5 Å². The summed E-state index contributed by atoms with van der Waals surface area (Å²) in [5.41, 5.74) is 7.55. The number of ether oxygens (including phenoxy) is 2. The zero-order valence-corrected chi connectivity index (χ0v) is 13.4. The maximum Gasteiger partial charge on any atom is 0.407 e. The second kappa shape index (κ2) is 6.27. The van der Waals surface area contributed by atoms with Crippen LogP contribution in [0.1, 0.15) is 32.4 Å². The molecule has 1 aromatic heterocycles. The third-order valence-electron chi connectivity index (χ3n) is 3.19. The van der Waals surface area contributed by atoms with Crippen molar-refractivity contribution in [3.8, 4) is 5.75 Å². The maximum atomic E-state index is 11.7. The minimum atomic E-state index is -0.525. The van der Waals surface area contributed by atoms with Gasteiger partial charge >= 0.3 is 6.09 Å². The van der Waals surface area contributed by atoms with Crippen molar-refractivity contribution in [2.75, 3.05) is 13.7 Å². The summed E-state index contributed by atoms with van der Waals surface area (Å²) in [5.74, 6) is 0.764. The highest BCUT2D eigenvalue weighted by molar-refractivity contribution is 5.85. The molecule has 0 aliphatic rings. The molecule has 22 heavy (non-hydrogen) atoms. The number of benzene rings is 1. The Bertz CT molecular complexity index is 658. The summed E-state index contributed by atoms with van der Waals surface area (Å²) >= 11 is 0. The lowest BCUT2D eigenvalue weighted by Crippen LogP contribution is -2.36. The molecule has 0 spiro atoms. The summed E-state index contributed by atoms with van der Waals surface area (Å²) in [5, 5.41) is 3.67. The van der Waals surface area contributed by atoms with Crippen molar-refractivity contribution in [3.05, 3.63) is 30.0 Å². The first-order valence-corrected chi connectivity index (χ1v) is 7.17. The monoisotopic (exact) mass is 305 g/mol. The first kappa shape index (κ1) is 16.2. The van der Waals surface area contributed by atoms with E-state index in [9.17, 15) is 4.79 Å². The fraction of sp³-hybridized carbons (Fsp3) is 0.438. The van der Waals surface area contributed by atoms with E-state index in [1.165, 1.54) is 0 Å². The number of aromatic amines is 1. The quantitative estimate of drug-likeness (QED) is 0.810. The number of aromatic nitrogens is 1. The minimum absolute atomic E-state index is 0.291. The molecule has 0 saturated carbocycles. The molecule has 120 valence electrons. The topological polar surface area (TPSA) is 89.4 Å². The molecule has 1 atom stereocenters. The number of nitrogens with two attached hydrogens (primary N) is 1. The van der Waals surface area contributed by atoms with E-state index >= 15 is 0 Å². The van der Waals surface area contributed by atoms with Crippen LogP contribution in [0.3, 0.4) is 0 Å². The lowest BCUT2D eigenvalue weighted by Gasteiger charge is -2.20. The standard InChI is InChI=1S/C16H23N3O3/c1-16(2,3)22-15(20)19-9-13(17)12-8-18-14-6-5-10(21-4)7-11(12)14/h5-8,13,18H,9,17H2,1-4H3,(H,19,20)/t13-/m1/s1. The second-order valence-electron chi connectivity index (χ2n) is 6.14. The fourth-order valence-electron chi connectivity index (χ4n) is 2.17. The number of rotatable bonds is 4. The van der Waals surface area contributed by atoms with Crippen LogP contribution in [-0.4, -0.2) is 30.3 Å². The molecule has 0 fully saturated rings. The normalized spacial score (nSPS) is 13.0. The van der Waals surface area contributed by atoms with E-state index in [0.717, 1.165) is 22.2 Å². The van der Waals surface area contributed by atoms with Crippen LogP contribution in [0.2, 0.25) is 0 Å². The third kappa shape index (κ3) is 3.92. The molecule has 0 bridgehead atoms. The van der Waals surface area contributed by atoms with Gasteiger partial charge in [0, 0.05) is 29.7 Å². The molecule has 0 aliphatic heterocycles. The molecule has 0 saturated heterocycles. The second-order valence-corrected chi connectivity index (χ2v) is 6.14. The largest absolute Gasteiger partial charge is 0.497 e. The summed E-state index contributed by atoms with van der Waals surface area (Å²) in [4.78, 5) is 14.8. The van der Waals surface area contributed by atoms with Crippen LogP contribution in [0.15, 0.2) is 24.4 Å². The maximum absolute atomic E-state index is 11.7. The van der Waals surface area contributed by atoms with Crippen molar-refractivity contribution in [2.24, 2.45) is 5.73 Å². The zero-order chi connectivity index (χ0) is 16.3. The Morgan fingerprint density at radius 1 is 1.41 bits per heavy atom. The number of alkyl carbamates (subject to hydrolysis) is 1. The van der Waals surface area contributed by atoms with Crippen molar-refractivity contribution in [2.45, 2.75) is 32.4 Å². The SMILES string of the molecule is COc1ccc2[nH]cc([C@H](N)CNC(=O)OC(C)(C)C)c2c1. The van der Waals surface area contributed by atoms with Crippen LogP contribution in [0.5, 0.6) is 5.75 Å². The van der Waals surface area contributed by atoms with E-state index in [1.807, 2.05) is 45.2 Å². The van der Waals surface area contributed by atoms with E-state index < -0.39 is 11.7 Å². The number of amides is 1. The van der Waals surface area contributed by atoms with E-state index in [2.05, 4.69) is 10.3 Å². The average molecular weight is 305 g/mol. The number of methoxy groups -OCH3 is 1. The van der Waals surface area contributed by atoms with Crippen LogP contribution >= 0.6 is 0 Å². The lowest BCUT2D eigenvalue weighted by molar-refractivity contribution is 0.0524. The first-order valence-electron chi connectivity index (χ1n) is 7.17. The van der Waals surface area contributed by atoms with Crippen LogP contribution in [-0.2, 0) is 4.74 Å². The molecule has 0 aliphatic carbocycles. The van der Waals surface area contributed by atoms with Gasteiger partial charge in [0.05, 0.1) is 7.11 Å². The van der Waals surface area contributed by atoms with Gasteiger partial charge in [0.25, 0.3) is 0 Å². The molecule has 1 amide bonds. The van der Waals surface area contributed by atoms with Gasteiger partial charge in [-0.25, -0.2) is 4.79 Å². The first-order chi connectivity index (χ1) is 10.3. The molecule has 0 unspecified atom stereocenters. The molecule has 0 radical (unpaired) electrons. The number of carbonyl (C=O) groups excluding carboxylic acids is 1. The van der Waals surface area contributed by atoms with Gasteiger partial charge in [-0.2, -0.15) is 0 Å². The Labute approximate surface area is 130 Å². The van der Waals surface area contributed by atoms with Crippen LogP contribution in [0, 0.1) is 0 Å². The third-order valence-corrected chi connectivity index (χ3v) is 3.19. The number of carbonyl (C=O) groups is 1. The van der Waals surface area contributed by atoms with E-state index in [1.54, 1.807) is 7.11 Å². The van der Waals surface area contributed by atoms with Crippen molar-refractivity contribution in [3.63, 3.8) is 0 Å². The Kier molecular flexibility index (Phi) is 4.61. The molecule has 4 N–H and O–H groups in total. The summed E-state index contributed by atoms with van der Waals surface area (Å²) in [7, 11) is 1.62. The highest BCUT2D eigenvalue weighted by atomic mass is 16.6.